The van der Waals surface area contributed by atoms with E-state index in [0.717, 1.165) is 6.08 Å². The quantitative estimate of drug-likeness (QED) is 0.591. The fourth-order valence-corrected chi connectivity index (χ4v) is 1.97. The maximum absolute atomic E-state index is 13.6. The molecule has 0 aliphatic heterocycles. The Labute approximate surface area is 138 Å². The van der Waals surface area contributed by atoms with Crippen LogP contribution in [-0.2, 0) is 11.2 Å². The first-order chi connectivity index (χ1) is 11.5. The molecule has 5 nitrogen and oxygen atoms in total. The molecule has 0 aliphatic carbocycles. The van der Waals surface area contributed by atoms with Crippen LogP contribution in [0.25, 0.3) is 11.5 Å². The van der Waals surface area contributed by atoms with Crippen molar-refractivity contribution < 1.29 is 22.7 Å². The molecule has 1 heterocycles. The van der Waals surface area contributed by atoms with E-state index in [2.05, 4.69) is 11.6 Å². The van der Waals surface area contributed by atoms with Gasteiger partial charge in [0.15, 0.2) is 0 Å². The second-order valence-electron chi connectivity index (χ2n) is 5.10. The van der Waals surface area contributed by atoms with Gasteiger partial charge in [-0.3, -0.25) is 0 Å². The SMILES string of the molecule is C=CCC(F)(F)C(=O)Oc1oc(-c2ccccc2)nc1CCCN. The van der Waals surface area contributed by atoms with E-state index in [4.69, 9.17) is 14.9 Å². The van der Waals surface area contributed by atoms with E-state index in [1.165, 1.54) is 0 Å². The van der Waals surface area contributed by atoms with Gasteiger partial charge in [-0.25, -0.2) is 9.78 Å². The van der Waals surface area contributed by atoms with E-state index in [-0.39, 0.29) is 17.5 Å². The first-order valence-corrected chi connectivity index (χ1v) is 7.44. The highest BCUT2D eigenvalue weighted by Gasteiger charge is 2.40. The zero-order chi connectivity index (χ0) is 17.6. The van der Waals surface area contributed by atoms with Crippen molar-refractivity contribution >= 4 is 5.97 Å². The van der Waals surface area contributed by atoms with E-state index < -0.39 is 18.3 Å². The highest BCUT2D eigenvalue weighted by atomic mass is 19.3. The molecule has 24 heavy (non-hydrogen) atoms. The third kappa shape index (κ3) is 4.26. The van der Waals surface area contributed by atoms with Crippen molar-refractivity contribution in [1.29, 1.82) is 0 Å². The van der Waals surface area contributed by atoms with Crippen molar-refractivity contribution in [2.75, 3.05) is 6.54 Å². The topological polar surface area (TPSA) is 78.3 Å². The second-order valence-corrected chi connectivity index (χ2v) is 5.10. The predicted molar refractivity (Wildman–Crippen MR) is 84.7 cm³/mol. The summed E-state index contributed by atoms with van der Waals surface area (Å²) in [6.07, 6.45) is 1.03. The van der Waals surface area contributed by atoms with Gasteiger partial charge >= 0.3 is 17.8 Å². The number of carbonyl (C=O) groups excluding carboxylic acids is 1. The summed E-state index contributed by atoms with van der Waals surface area (Å²) in [7, 11) is 0. The average molecular weight is 336 g/mol. The number of ether oxygens (including phenoxy) is 1. The molecule has 2 aromatic rings. The van der Waals surface area contributed by atoms with Gasteiger partial charge in [0.2, 0.25) is 5.89 Å². The standard InChI is InChI=1S/C17H18F2N2O3/c1-2-10-17(18,19)16(22)24-15-13(9-6-11-20)21-14(23-15)12-7-4-3-5-8-12/h2-5,7-8H,1,6,9-11,20H2. The van der Waals surface area contributed by atoms with Crippen LogP contribution >= 0.6 is 0 Å². The Hall–Kier alpha value is -2.54. The van der Waals surface area contributed by atoms with Gasteiger partial charge in [-0.05, 0) is 31.5 Å². The molecule has 7 heteroatoms. The number of alkyl halides is 2. The number of nitrogens with two attached hydrogens (primary N) is 1. The van der Waals surface area contributed by atoms with Crippen LogP contribution in [0.3, 0.4) is 0 Å². The number of nitrogens with zero attached hydrogens (tertiary/aromatic N) is 1. The summed E-state index contributed by atoms with van der Waals surface area (Å²) >= 11 is 0. The Bertz CT molecular complexity index is 699. The summed E-state index contributed by atoms with van der Waals surface area (Å²) in [5.74, 6) is -5.51. The van der Waals surface area contributed by atoms with E-state index in [1.54, 1.807) is 24.3 Å². The van der Waals surface area contributed by atoms with Crippen molar-refractivity contribution in [2.24, 2.45) is 5.73 Å². The monoisotopic (exact) mass is 336 g/mol. The van der Waals surface area contributed by atoms with Gasteiger partial charge in [0, 0.05) is 12.0 Å². The molecule has 2 rings (SSSR count). The summed E-state index contributed by atoms with van der Waals surface area (Å²) in [5, 5.41) is 0. The summed E-state index contributed by atoms with van der Waals surface area (Å²) in [5.41, 5.74) is 6.38. The fraction of sp³-hybridized carbons (Fsp3) is 0.294. The molecule has 0 bridgehead atoms. The Morgan fingerprint density at radius 2 is 2.08 bits per heavy atom. The molecule has 2 N–H and O–H groups in total. The van der Waals surface area contributed by atoms with Crippen LogP contribution in [0.1, 0.15) is 18.5 Å². The van der Waals surface area contributed by atoms with Gasteiger partial charge in [0.25, 0.3) is 0 Å². The predicted octanol–water partition coefficient (Wildman–Crippen LogP) is 3.35. The number of hydrogen-bond acceptors (Lipinski definition) is 5. The smallest absolute Gasteiger partial charge is 0.385 e. The highest BCUT2D eigenvalue weighted by molar-refractivity contribution is 5.79. The molecule has 128 valence electrons. The number of aryl methyl sites for hydroxylation is 1. The number of allylic oxidation sites excluding steroid dienone is 1. The van der Waals surface area contributed by atoms with Crippen LogP contribution in [0.4, 0.5) is 8.78 Å². The number of esters is 1. The number of hydrogen-bond donors (Lipinski definition) is 1. The molecule has 0 saturated carbocycles. The van der Waals surface area contributed by atoms with Gasteiger partial charge in [-0.15, -0.1) is 6.58 Å². The number of halogens is 2. The van der Waals surface area contributed by atoms with E-state index in [0.29, 0.717) is 24.9 Å². The van der Waals surface area contributed by atoms with Crippen LogP contribution in [-0.4, -0.2) is 23.4 Å². The van der Waals surface area contributed by atoms with Gasteiger partial charge < -0.3 is 14.9 Å². The third-order valence-corrected chi connectivity index (χ3v) is 3.18. The average Bonchev–Trinajstić information content (AvgIpc) is 2.96. The fourth-order valence-electron chi connectivity index (χ4n) is 1.97. The van der Waals surface area contributed by atoms with E-state index >= 15 is 0 Å². The zero-order valence-electron chi connectivity index (χ0n) is 13.0. The normalized spacial score (nSPS) is 11.3. The van der Waals surface area contributed by atoms with Gasteiger partial charge in [0.1, 0.15) is 5.69 Å². The lowest BCUT2D eigenvalue weighted by molar-refractivity contribution is -0.162. The molecular formula is C17H18F2N2O3. The van der Waals surface area contributed by atoms with Crippen LogP contribution < -0.4 is 10.5 Å². The maximum atomic E-state index is 13.6. The number of carbonyl (C=O) groups is 1. The molecule has 0 aliphatic rings. The van der Waals surface area contributed by atoms with Gasteiger partial charge in [0.05, 0.1) is 0 Å². The minimum Gasteiger partial charge on any atom is -0.405 e. The summed E-state index contributed by atoms with van der Waals surface area (Å²) in [4.78, 5) is 15.9. The summed E-state index contributed by atoms with van der Waals surface area (Å²) in [6, 6.07) is 8.87. The van der Waals surface area contributed by atoms with Gasteiger partial charge in [-0.1, -0.05) is 24.3 Å². The van der Waals surface area contributed by atoms with Crippen molar-refractivity contribution in [3.05, 3.63) is 48.7 Å². The molecule has 0 unspecified atom stereocenters. The Morgan fingerprint density at radius 1 is 1.38 bits per heavy atom. The van der Waals surface area contributed by atoms with Gasteiger partial charge in [-0.2, -0.15) is 8.78 Å². The van der Waals surface area contributed by atoms with Crippen LogP contribution in [0.15, 0.2) is 47.4 Å². The molecular weight excluding hydrogens is 318 g/mol. The second kappa shape index (κ2) is 7.83. The number of oxazole rings is 1. The number of benzene rings is 1. The van der Waals surface area contributed by atoms with Crippen LogP contribution in [0.2, 0.25) is 0 Å². The Kier molecular flexibility index (Phi) is 5.81. The molecule has 0 spiro atoms. The summed E-state index contributed by atoms with van der Waals surface area (Å²) < 4.78 is 37.3. The van der Waals surface area contributed by atoms with Crippen molar-refractivity contribution in [3.63, 3.8) is 0 Å². The molecule has 0 radical (unpaired) electrons. The minimum atomic E-state index is -3.67. The lowest BCUT2D eigenvalue weighted by Crippen LogP contribution is -2.32. The number of aromatic nitrogens is 1. The van der Waals surface area contributed by atoms with E-state index in [9.17, 15) is 13.6 Å². The molecule has 0 amide bonds. The lowest BCUT2D eigenvalue weighted by atomic mass is 10.2. The largest absolute Gasteiger partial charge is 0.405 e. The minimum absolute atomic E-state index is 0.192. The van der Waals surface area contributed by atoms with Crippen LogP contribution in [0, 0.1) is 0 Å². The van der Waals surface area contributed by atoms with Crippen LogP contribution in [0.5, 0.6) is 5.95 Å². The first-order valence-electron chi connectivity index (χ1n) is 7.44. The van der Waals surface area contributed by atoms with Crippen molar-refractivity contribution in [3.8, 4) is 17.4 Å². The molecule has 0 atom stereocenters. The third-order valence-electron chi connectivity index (χ3n) is 3.18. The first kappa shape index (κ1) is 17.8. The molecule has 1 aromatic heterocycles. The lowest BCUT2D eigenvalue weighted by Gasteiger charge is -2.11. The van der Waals surface area contributed by atoms with Crippen molar-refractivity contribution in [2.45, 2.75) is 25.2 Å². The summed E-state index contributed by atoms with van der Waals surface area (Å²) in [6.45, 7) is 3.58. The molecule has 0 fully saturated rings. The molecule has 0 saturated heterocycles. The maximum Gasteiger partial charge on any atom is 0.385 e. The zero-order valence-corrected chi connectivity index (χ0v) is 13.0. The Morgan fingerprint density at radius 3 is 2.71 bits per heavy atom. The number of rotatable bonds is 8. The Balaban J connectivity index is 2.28. The van der Waals surface area contributed by atoms with E-state index in [1.807, 2.05) is 6.07 Å². The molecule has 1 aromatic carbocycles. The van der Waals surface area contributed by atoms with Crippen molar-refractivity contribution in [1.82, 2.24) is 4.98 Å². The highest BCUT2D eigenvalue weighted by Crippen LogP contribution is 2.30.